The summed E-state index contributed by atoms with van der Waals surface area (Å²) in [4.78, 5) is 82.2. The highest BCUT2D eigenvalue weighted by Crippen LogP contribution is 2.39. The van der Waals surface area contributed by atoms with Gasteiger partial charge in [0.05, 0.1) is 5.69 Å². The van der Waals surface area contributed by atoms with Crippen LogP contribution in [0.3, 0.4) is 0 Å². The van der Waals surface area contributed by atoms with E-state index >= 15 is 0 Å². The number of unbranched alkanes of at least 4 members (excludes halogenated alkanes) is 4. The fourth-order valence-corrected chi connectivity index (χ4v) is 8.57. The maximum Gasteiger partial charge on any atom is 0.257 e. The molecule has 2 saturated heterocycles. The molecule has 0 aliphatic carbocycles. The average molecular weight is 879 g/mol. The van der Waals surface area contributed by atoms with E-state index in [0.29, 0.717) is 60.1 Å². The maximum absolute atomic E-state index is 13.2. The normalized spacial score (nSPS) is 17.4. The molecule has 5 N–H and O–H groups in total. The first-order chi connectivity index (χ1) is 31.6. The summed E-state index contributed by atoms with van der Waals surface area (Å²) in [5.41, 5.74) is 7.16. The number of aliphatic hydroxyl groups is 1. The van der Waals surface area contributed by atoms with Crippen LogP contribution in [0.1, 0.15) is 95.0 Å². The number of hydrogen-bond donors (Lipinski definition) is 5. The SMILES string of the molecule is Cc1ccc(NC(=O)c2ccc(CN3CCN(C(=O)CCCCCCCNc4cccc5c4C(O)N(C4CCC(=O)NC4=O)C5=O)CC3)cc2)cc1Nc1nccc(-c2cccnc2)n1. The highest BCUT2D eigenvalue weighted by atomic mass is 16.3. The number of carbonyl (C=O) groups excluding carboxylic acids is 5. The third-order valence-corrected chi connectivity index (χ3v) is 12.2. The Labute approximate surface area is 377 Å². The number of piperidine rings is 1. The van der Waals surface area contributed by atoms with Crippen LogP contribution < -0.4 is 21.3 Å². The van der Waals surface area contributed by atoms with Crippen molar-refractivity contribution in [2.75, 3.05) is 48.7 Å². The second-order valence-corrected chi connectivity index (χ2v) is 16.7. The molecular weight excluding hydrogens is 825 g/mol. The number of anilines is 4. The average Bonchev–Trinajstić information content (AvgIpc) is 3.57. The molecule has 3 aliphatic heterocycles. The quantitative estimate of drug-likeness (QED) is 0.0525. The van der Waals surface area contributed by atoms with Crippen molar-refractivity contribution in [2.24, 2.45) is 0 Å². The van der Waals surface area contributed by atoms with Crippen molar-refractivity contribution >= 4 is 52.5 Å². The van der Waals surface area contributed by atoms with Crippen LogP contribution in [0.4, 0.5) is 23.0 Å². The van der Waals surface area contributed by atoms with E-state index < -0.39 is 24.1 Å². The zero-order valence-electron chi connectivity index (χ0n) is 36.5. The smallest absolute Gasteiger partial charge is 0.257 e. The van der Waals surface area contributed by atoms with Gasteiger partial charge in [-0.25, -0.2) is 9.97 Å². The van der Waals surface area contributed by atoms with Gasteiger partial charge in [0, 0.05) is 110 Å². The van der Waals surface area contributed by atoms with Gasteiger partial charge in [0.1, 0.15) is 6.04 Å². The third kappa shape index (κ3) is 10.8. The molecule has 5 amide bonds. The Morgan fingerprint density at radius 2 is 1.66 bits per heavy atom. The van der Waals surface area contributed by atoms with Gasteiger partial charge in [-0.1, -0.05) is 43.5 Å². The number of rotatable bonds is 17. The molecule has 2 aromatic heterocycles. The van der Waals surface area contributed by atoms with Gasteiger partial charge in [0.25, 0.3) is 11.8 Å². The zero-order chi connectivity index (χ0) is 45.3. The molecule has 0 saturated carbocycles. The van der Waals surface area contributed by atoms with Crippen molar-refractivity contribution in [1.82, 2.24) is 35.0 Å². The number of imide groups is 1. The summed E-state index contributed by atoms with van der Waals surface area (Å²) in [6.45, 7) is 6.31. The number of aryl methyl sites for hydroxylation is 1. The van der Waals surface area contributed by atoms with Gasteiger partial charge in [0.15, 0.2) is 6.23 Å². The number of carbonyl (C=O) groups is 5. The van der Waals surface area contributed by atoms with Crippen LogP contribution in [0.2, 0.25) is 0 Å². The van der Waals surface area contributed by atoms with Gasteiger partial charge >= 0.3 is 0 Å². The van der Waals surface area contributed by atoms with Crippen molar-refractivity contribution in [3.63, 3.8) is 0 Å². The van der Waals surface area contributed by atoms with Crippen molar-refractivity contribution in [3.8, 4) is 11.3 Å². The Morgan fingerprint density at radius 3 is 2.45 bits per heavy atom. The summed E-state index contributed by atoms with van der Waals surface area (Å²) in [5, 5.41) is 23.0. The summed E-state index contributed by atoms with van der Waals surface area (Å²) in [6, 6.07) is 23.3. The van der Waals surface area contributed by atoms with Crippen LogP contribution in [0.25, 0.3) is 11.3 Å². The van der Waals surface area contributed by atoms with E-state index in [2.05, 4.69) is 41.1 Å². The summed E-state index contributed by atoms with van der Waals surface area (Å²) in [6.07, 6.45) is 9.34. The first-order valence-electron chi connectivity index (χ1n) is 22.3. The first kappa shape index (κ1) is 44.6. The number of amides is 5. The number of benzene rings is 3. The Morgan fingerprint density at radius 1 is 0.862 bits per heavy atom. The van der Waals surface area contributed by atoms with E-state index in [9.17, 15) is 29.1 Å². The number of aliphatic hydroxyl groups excluding tert-OH is 1. The number of hydrogen-bond acceptors (Lipinski definition) is 12. The molecule has 16 nitrogen and oxygen atoms in total. The molecule has 16 heteroatoms. The van der Waals surface area contributed by atoms with Crippen LogP contribution in [0, 0.1) is 6.92 Å². The van der Waals surface area contributed by atoms with Gasteiger partial charge < -0.3 is 26.0 Å². The molecule has 5 aromatic rings. The Hall–Kier alpha value is -7.04. The molecular formula is C49H54N10O6. The van der Waals surface area contributed by atoms with Crippen LogP contribution in [-0.4, -0.2) is 103 Å². The van der Waals surface area contributed by atoms with Crippen molar-refractivity contribution in [1.29, 1.82) is 0 Å². The lowest BCUT2D eigenvalue weighted by Crippen LogP contribution is -2.53. The highest BCUT2D eigenvalue weighted by molar-refractivity contribution is 6.06. The van der Waals surface area contributed by atoms with Gasteiger partial charge in [-0.2, -0.15) is 0 Å². The van der Waals surface area contributed by atoms with Crippen LogP contribution in [-0.2, 0) is 20.9 Å². The molecule has 2 fully saturated rings. The molecule has 3 aromatic carbocycles. The summed E-state index contributed by atoms with van der Waals surface area (Å²) in [5.74, 6) is -0.944. The largest absolute Gasteiger partial charge is 0.385 e. The molecule has 0 spiro atoms. The van der Waals surface area contributed by atoms with E-state index in [1.54, 1.807) is 30.7 Å². The second-order valence-electron chi connectivity index (χ2n) is 16.7. The number of nitrogens with one attached hydrogen (secondary N) is 4. The molecule has 336 valence electrons. The Kier molecular flexibility index (Phi) is 14.2. The topological polar surface area (TPSA) is 202 Å². The van der Waals surface area contributed by atoms with E-state index in [4.69, 9.17) is 0 Å². The van der Waals surface area contributed by atoms with Gasteiger partial charge in [-0.15, -0.1) is 0 Å². The number of fused-ring (bicyclic) bond motifs is 1. The summed E-state index contributed by atoms with van der Waals surface area (Å²) < 4.78 is 0. The molecule has 8 rings (SSSR count). The molecule has 2 atom stereocenters. The van der Waals surface area contributed by atoms with Crippen LogP contribution in [0.15, 0.2) is 97.5 Å². The summed E-state index contributed by atoms with van der Waals surface area (Å²) in [7, 11) is 0. The lowest BCUT2D eigenvalue weighted by Gasteiger charge is -2.35. The molecule has 0 radical (unpaired) electrons. The fraction of sp³-hybridized carbons (Fsp3) is 0.347. The minimum absolute atomic E-state index is 0.115. The number of pyridine rings is 1. The molecule has 2 unspecified atom stereocenters. The predicted octanol–water partition coefficient (Wildman–Crippen LogP) is 6.19. The molecule has 3 aliphatic rings. The Bertz CT molecular complexity index is 2530. The van der Waals surface area contributed by atoms with Crippen molar-refractivity contribution in [3.05, 3.63) is 125 Å². The van der Waals surface area contributed by atoms with Gasteiger partial charge in [-0.05, 0) is 91.9 Å². The molecule has 65 heavy (non-hydrogen) atoms. The predicted molar refractivity (Wildman–Crippen MR) is 246 cm³/mol. The number of nitrogens with zero attached hydrogens (tertiary/aromatic N) is 6. The third-order valence-electron chi connectivity index (χ3n) is 12.2. The van der Waals surface area contributed by atoms with Crippen LogP contribution in [0.5, 0.6) is 0 Å². The van der Waals surface area contributed by atoms with E-state index in [1.165, 1.54) is 4.90 Å². The Balaban J connectivity index is 0.709. The maximum atomic E-state index is 13.2. The molecule has 5 heterocycles. The lowest BCUT2D eigenvalue weighted by atomic mass is 10.0. The minimum Gasteiger partial charge on any atom is -0.385 e. The standard InChI is InChI=1S/C49H54N10O6/c1-32-13-18-36(29-40(32)55-49-52-24-21-38(54-49)35-9-8-22-50-30-35)53-45(62)34-16-14-33(15-17-34)31-57-25-27-58(28-26-57)43(61)12-5-3-2-4-6-23-51-39-11-7-10-37-44(39)48(65)59(47(37)64)41-19-20-42(60)56-46(41)63/h7-11,13-18,21-22,24,29-30,41,48,51,65H,2-6,12,19-20,23,25-28,31H2,1H3,(H,53,62)(H,52,54,55)(H,56,60,63). The van der Waals surface area contributed by atoms with Crippen molar-refractivity contribution in [2.45, 2.75) is 77.1 Å². The second kappa shape index (κ2) is 20.6. The van der Waals surface area contributed by atoms with E-state index in [-0.39, 0.29) is 30.6 Å². The fourth-order valence-electron chi connectivity index (χ4n) is 8.57. The lowest BCUT2D eigenvalue weighted by molar-refractivity contribution is -0.139. The van der Waals surface area contributed by atoms with Gasteiger partial charge in [0.2, 0.25) is 23.7 Å². The van der Waals surface area contributed by atoms with Crippen molar-refractivity contribution < 1.29 is 29.1 Å². The first-order valence-corrected chi connectivity index (χ1v) is 22.3. The minimum atomic E-state index is -1.28. The van der Waals surface area contributed by atoms with Crippen LogP contribution >= 0.6 is 0 Å². The number of aromatic nitrogens is 3. The monoisotopic (exact) mass is 878 g/mol. The van der Waals surface area contributed by atoms with Gasteiger partial charge in [-0.3, -0.25) is 44.1 Å². The number of piperazine rings is 1. The molecule has 0 bridgehead atoms. The van der Waals surface area contributed by atoms with E-state index in [1.807, 2.05) is 78.6 Å². The highest BCUT2D eigenvalue weighted by Gasteiger charge is 2.45. The zero-order valence-corrected chi connectivity index (χ0v) is 36.5. The summed E-state index contributed by atoms with van der Waals surface area (Å²) >= 11 is 0. The van der Waals surface area contributed by atoms with E-state index in [0.717, 1.165) is 79.8 Å².